The predicted molar refractivity (Wildman–Crippen MR) is 97.8 cm³/mol. The monoisotopic (exact) mass is 359 g/mol. The Labute approximate surface area is 155 Å². The molecule has 1 aromatic heterocycles. The zero-order valence-electron chi connectivity index (χ0n) is 15.6. The Bertz CT molecular complexity index is 661. The minimum Gasteiger partial charge on any atom is -0.481 e. The predicted octanol–water partition coefficient (Wildman–Crippen LogP) is 1.78. The van der Waals surface area contributed by atoms with Crippen LogP contribution in [-0.4, -0.2) is 71.3 Å². The summed E-state index contributed by atoms with van der Waals surface area (Å²) in [4.78, 5) is 21.7. The lowest BCUT2D eigenvalue weighted by Gasteiger charge is -2.31. The molecule has 6 heteroatoms. The zero-order valence-corrected chi connectivity index (χ0v) is 15.6. The molecule has 0 saturated carbocycles. The molecule has 3 aliphatic rings. The first-order valence-electron chi connectivity index (χ1n) is 9.77. The summed E-state index contributed by atoms with van der Waals surface area (Å²) in [6.07, 6.45) is 2.80. The summed E-state index contributed by atoms with van der Waals surface area (Å²) in [7, 11) is 0. The second kappa shape index (κ2) is 7.25. The van der Waals surface area contributed by atoms with Crippen LogP contribution in [0.5, 0.6) is 0 Å². The lowest BCUT2D eigenvalue weighted by atomic mass is 9.75. The summed E-state index contributed by atoms with van der Waals surface area (Å²) < 4.78 is 5.57. The van der Waals surface area contributed by atoms with Crippen LogP contribution in [0.15, 0.2) is 18.2 Å². The first-order chi connectivity index (χ1) is 12.6. The Morgan fingerprint density at radius 2 is 2.31 bits per heavy atom. The topological polar surface area (TPSA) is 65.9 Å². The van der Waals surface area contributed by atoms with Crippen molar-refractivity contribution in [1.82, 2.24) is 14.8 Å². The number of carboxylic acid groups (broad SMARTS) is 1. The fourth-order valence-electron chi connectivity index (χ4n) is 5.09. The lowest BCUT2D eigenvalue weighted by Crippen LogP contribution is -2.44. The van der Waals surface area contributed by atoms with E-state index in [1.165, 1.54) is 0 Å². The van der Waals surface area contributed by atoms with Gasteiger partial charge in [-0.25, -0.2) is 0 Å². The molecule has 1 N–H and O–H groups in total. The summed E-state index contributed by atoms with van der Waals surface area (Å²) in [5, 5.41) is 10.1. The molecule has 0 aliphatic carbocycles. The zero-order chi connectivity index (χ0) is 18.1. The van der Waals surface area contributed by atoms with Gasteiger partial charge in [0, 0.05) is 50.4 Å². The number of aryl methyl sites for hydroxylation is 1. The smallest absolute Gasteiger partial charge is 0.311 e. The number of carbonyl (C=O) groups is 1. The van der Waals surface area contributed by atoms with Gasteiger partial charge in [0.1, 0.15) is 0 Å². The van der Waals surface area contributed by atoms with Crippen LogP contribution in [0, 0.1) is 18.3 Å². The Morgan fingerprint density at radius 1 is 1.42 bits per heavy atom. The molecule has 0 radical (unpaired) electrons. The molecule has 4 heterocycles. The van der Waals surface area contributed by atoms with Gasteiger partial charge in [0.2, 0.25) is 0 Å². The SMILES string of the molecule is Cc1cccc(CN2C[C@H]3CN(C4CCOC4)CCC[C@@]3(C(=O)O)C2)n1. The van der Waals surface area contributed by atoms with Gasteiger partial charge in [-0.2, -0.15) is 0 Å². The number of fused-ring (bicyclic) bond motifs is 1. The molecule has 0 bridgehead atoms. The Kier molecular flexibility index (Phi) is 4.99. The molecule has 1 unspecified atom stereocenters. The van der Waals surface area contributed by atoms with Gasteiger partial charge in [-0.3, -0.25) is 19.6 Å². The molecule has 0 spiro atoms. The van der Waals surface area contributed by atoms with E-state index < -0.39 is 11.4 Å². The molecule has 0 amide bonds. The first-order valence-corrected chi connectivity index (χ1v) is 9.77. The first kappa shape index (κ1) is 17.9. The number of likely N-dealkylation sites (tertiary alicyclic amines) is 2. The minimum absolute atomic E-state index is 0.174. The van der Waals surface area contributed by atoms with Crippen molar-refractivity contribution in [2.75, 3.05) is 39.4 Å². The van der Waals surface area contributed by atoms with Crippen LogP contribution >= 0.6 is 0 Å². The largest absolute Gasteiger partial charge is 0.481 e. The van der Waals surface area contributed by atoms with Crippen LogP contribution in [0.2, 0.25) is 0 Å². The van der Waals surface area contributed by atoms with Crippen molar-refractivity contribution in [2.24, 2.45) is 11.3 Å². The molecule has 1 aromatic rings. The maximum absolute atomic E-state index is 12.3. The summed E-state index contributed by atoms with van der Waals surface area (Å²) in [6.45, 7) is 7.71. The van der Waals surface area contributed by atoms with Crippen LogP contribution in [0.4, 0.5) is 0 Å². The number of hydrogen-bond acceptors (Lipinski definition) is 5. The third-order valence-corrected chi connectivity index (χ3v) is 6.47. The number of hydrogen-bond donors (Lipinski definition) is 1. The van der Waals surface area contributed by atoms with Crippen LogP contribution in [0.3, 0.4) is 0 Å². The van der Waals surface area contributed by atoms with E-state index >= 15 is 0 Å². The average Bonchev–Trinajstić information content (AvgIpc) is 3.20. The van der Waals surface area contributed by atoms with E-state index in [2.05, 4.69) is 14.8 Å². The molecule has 142 valence electrons. The molecule has 3 aliphatic heterocycles. The maximum atomic E-state index is 12.3. The molecule has 3 fully saturated rings. The number of aromatic nitrogens is 1. The molecule has 3 saturated heterocycles. The second-order valence-electron chi connectivity index (χ2n) is 8.21. The van der Waals surface area contributed by atoms with Gasteiger partial charge < -0.3 is 9.84 Å². The van der Waals surface area contributed by atoms with Gasteiger partial charge >= 0.3 is 5.97 Å². The van der Waals surface area contributed by atoms with Crippen molar-refractivity contribution in [1.29, 1.82) is 0 Å². The van der Waals surface area contributed by atoms with Crippen molar-refractivity contribution < 1.29 is 14.6 Å². The van der Waals surface area contributed by atoms with Gasteiger partial charge in [-0.1, -0.05) is 6.07 Å². The van der Waals surface area contributed by atoms with Gasteiger partial charge in [-0.05, 0) is 44.9 Å². The molecule has 4 rings (SSSR count). The Hall–Kier alpha value is -1.50. The van der Waals surface area contributed by atoms with Crippen molar-refractivity contribution in [3.63, 3.8) is 0 Å². The third-order valence-electron chi connectivity index (χ3n) is 6.47. The van der Waals surface area contributed by atoms with Crippen LogP contribution in [0.25, 0.3) is 0 Å². The molecule has 6 nitrogen and oxygen atoms in total. The van der Waals surface area contributed by atoms with Gasteiger partial charge in [0.05, 0.1) is 17.7 Å². The number of aliphatic carboxylic acids is 1. The minimum atomic E-state index is -0.619. The maximum Gasteiger partial charge on any atom is 0.311 e. The summed E-state index contributed by atoms with van der Waals surface area (Å²) in [5.74, 6) is -0.445. The van der Waals surface area contributed by atoms with Gasteiger partial charge in [-0.15, -0.1) is 0 Å². The van der Waals surface area contributed by atoms with Crippen molar-refractivity contribution in [3.05, 3.63) is 29.6 Å². The molecule has 0 aromatic carbocycles. The average molecular weight is 359 g/mol. The van der Waals surface area contributed by atoms with Crippen LogP contribution < -0.4 is 0 Å². The van der Waals surface area contributed by atoms with Crippen molar-refractivity contribution in [2.45, 2.75) is 38.8 Å². The highest BCUT2D eigenvalue weighted by molar-refractivity contribution is 5.76. The highest BCUT2D eigenvalue weighted by Gasteiger charge is 2.53. The van der Waals surface area contributed by atoms with E-state index in [0.29, 0.717) is 12.6 Å². The molecule has 26 heavy (non-hydrogen) atoms. The standard InChI is InChI=1S/C20H29N3O3/c1-15-4-2-5-17(21-15)12-22-10-16-11-23(18-6-9-26-13-18)8-3-7-20(16,14-22)19(24)25/h2,4-5,16,18H,3,6-14H2,1H3,(H,24,25)/t16-,18?,20+/m0/s1. The van der Waals surface area contributed by atoms with E-state index in [-0.39, 0.29) is 5.92 Å². The van der Waals surface area contributed by atoms with E-state index in [9.17, 15) is 9.90 Å². The number of nitrogens with zero attached hydrogens (tertiary/aromatic N) is 3. The number of rotatable bonds is 4. The summed E-state index contributed by atoms with van der Waals surface area (Å²) in [5.41, 5.74) is 1.43. The fourth-order valence-corrected chi connectivity index (χ4v) is 5.09. The number of ether oxygens (including phenoxy) is 1. The summed E-state index contributed by atoms with van der Waals surface area (Å²) >= 11 is 0. The summed E-state index contributed by atoms with van der Waals surface area (Å²) in [6, 6.07) is 6.53. The lowest BCUT2D eigenvalue weighted by molar-refractivity contribution is -0.151. The number of carboxylic acids is 1. The van der Waals surface area contributed by atoms with Crippen LogP contribution in [-0.2, 0) is 16.1 Å². The van der Waals surface area contributed by atoms with E-state index in [1.54, 1.807) is 0 Å². The Balaban J connectivity index is 1.51. The Morgan fingerprint density at radius 3 is 3.04 bits per heavy atom. The second-order valence-corrected chi connectivity index (χ2v) is 8.21. The quantitative estimate of drug-likeness (QED) is 0.884. The van der Waals surface area contributed by atoms with Gasteiger partial charge in [0.25, 0.3) is 0 Å². The third kappa shape index (κ3) is 3.38. The molecule has 3 atom stereocenters. The molecular formula is C20H29N3O3. The van der Waals surface area contributed by atoms with E-state index in [4.69, 9.17) is 4.74 Å². The van der Waals surface area contributed by atoms with Crippen LogP contribution in [0.1, 0.15) is 30.7 Å². The van der Waals surface area contributed by atoms with E-state index in [1.807, 2.05) is 25.1 Å². The van der Waals surface area contributed by atoms with Crippen molar-refractivity contribution >= 4 is 5.97 Å². The highest BCUT2D eigenvalue weighted by atomic mass is 16.5. The molecular weight excluding hydrogens is 330 g/mol. The fraction of sp³-hybridized carbons (Fsp3) is 0.700. The van der Waals surface area contributed by atoms with Crippen molar-refractivity contribution in [3.8, 4) is 0 Å². The highest BCUT2D eigenvalue weighted by Crippen LogP contribution is 2.43. The normalized spacial score (nSPS) is 33.1. The van der Waals surface area contributed by atoms with Gasteiger partial charge in [0.15, 0.2) is 0 Å². The number of pyridine rings is 1. The van der Waals surface area contributed by atoms with E-state index in [0.717, 1.165) is 70.0 Å².